The van der Waals surface area contributed by atoms with Crippen LogP contribution in [0.2, 0.25) is 0 Å². The van der Waals surface area contributed by atoms with E-state index in [1.807, 2.05) is 33.7 Å². The van der Waals surface area contributed by atoms with Crippen LogP contribution in [0.4, 0.5) is 34.5 Å². The maximum atomic E-state index is 16.0. The Morgan fingerprint density at radius 3 is 2.51 bits per heavy atom. The standard InChI is InChI=1S/C45H45F3N10O4S/c46-34-23-30(22-32-33(34)25-58(42(32)61)40(41(60)52-43-49-13-21-63-43)39-36-6-3-14-56(36)27-50-39)28-7-9-31(10-8-28)55-15-11-37(45(47,48)26-55)54-19-17-53(18-20-54)24-29-4-1-2-5-35(29)57-16-12-38(59)51-44(57)62/h1-2,4-5,7-10,13,21-23,27,37,40H,3,6,11-12,14-20,24-26H2,(H,49,52,60)(H,51,59,62). The third-order valence-electron chi connectivity index (χ3n) is 13.0. The van der Waals surface area contributed by atoms with Gasteiger partial charge in [-0.2, -0.15) is 0 Å². The smallest absolute Gasteiger partial charge is 0.328 e. The molecule has 5 aliphatic rings. The Hall–Kier alpha value is -6.11. The Labute approximate surface area is 365 Å². The number of nitrogens with zero attached hydrogens (tertiary/aromatic N) is 8. The number of amides is 5. The number of hydrogen-bond acceptors (Lipinski definition) is 10. The zero-order valence-electron chi connectivity index (χ0n) is 34.3. The Kier molecular flexibility index (Phi) is 10.7. The van der Waals surface area contributed by atoms with Gasteiger partial charge in [0.1, 0.15) is 5.82 Å². The van der Waals surface area contributed by atoms with Crippen LogP contribution in [0.5, 0.6) is 0 Å². The molecule has 3 aromatic carbocycles. The number of alkyl halides is 2. The van der Waals surface area contributed by atoms with Crippen molar-refractivity contribution in [3.05, 3.63) is 112 Å². The fraction of sp³-hybridized carbons (Fsp3) is 0.378. The molecule has 3 saturated heterocycles. The van der Waals surface area contributed by atoms with Gasteiger partial charge in [0.15, 0.2) is 11.2 Å². The molecule has 0 aliphatic carbocycles. The summed E-state index contributed by atoms with van der Waals surface area (Å²) in [7, 11) is 0. The fourth-order valence-corrected chi connectivity index (χ4v) is 10.3. The van der Waals surface area contributed by atoms with Crippen LogP contribution in [-0.2, 0) is 35.6 Å². The lowest BCUT2D eigenvalue weighted by Crippen LogP contribution is -2.61. The molecule has 0 radical (unpaired) electrons. The summed E-state index contributed by atoms with van der Waals surface area (Å²) in [6, 6.07) is 15.2. The number of imidazole rings is 1. The molecule has 14 nitrogen and oxygen atoms in total. The van der Waals surface area contributed by atoms with Gasteiger partial charge >= 0.3 is 6.03 Å². The molecule has 2 atom stereocenters. The minimum atomic E-state index is -2.98. The van der Waals surface area contributed by atoms with E-state index >= 15 is 13.2 Å². The Bertz CT molecular complexity index is 2580. The Balaban J connectivity index is 0.786. The number of nitrogens with one attached hydrogen (secondary N) is 2. The van der Waals surface area contributed by atoms with E-state index in [2.05, 4.69) is 25.5 Å². The van der Waals surface area contributed by atoms with Crippen molar-refractivity contribution in [2.75, 3.05) is 60.9 Å². The summed E-state index contributed by atoms with van der Waals surface area (Å²) >= 11 is 1.25. The van der Waals surface area contributed by atoms with Crippen molar-refractivity contribution in [3.63, 3.8) is 0 Å². The van der Waals surface area contributed by atoms with Gasteiger partial charge in [0.25, 0.3) is 17.7 Å². The van der Waals surface area contributed by atoms with Crippen LogP contribution in [0.3, 0.4) is 0 Å². The molecule has 326 valence electrons. The zero-order valence-corrected chi connectivity index (χ0v) is 35.1. The minimum Gasteiger partial charge on any atom is -0.365 e. The number of aromatic nitrogens is 3. The Morgan fingerprint density at radius 1 is 0.937 bits per heavy atom. The van der Waals surface area contributed by atoms with Crippen molar-refractivity contribution in [1.82, 2.24) is 34.6 Å². The number of thiazole rings is 1. The van der Waals surface area contributed by atoms with Gasteiger partial charge in [0, 0.05) is 98.6 Å². The number of aryl methyl sites for hydroxylation is 1. The molecule has 0 saturated carbocycles. The SMILES string of the molecule is O=C1CCN(c2ccccc2CN2CCN(C3CCN(c4ccc(-c5cc(F)c6c(c5)C(=O)N(C(C(=O)Nc5nccs5)c5ncn7c5CCC7)C6)cc4)CC3(F)F)CC2)C(=O)N1. The summed E-state index contributed by atoms with van der Waals surface area (Å²) in [4.78, 5) is 69.7. The van der Waals surface area contributed by atoms with Gasteiger partial charge in [-0.3, -0.25) is 39.7 Å². The molecule has 5 aliphatic heterocycles. The lowest BCUT2D eigenvalue weighted by Gasteiger charge is -2.47. The average molecular weight is 879 g/mol. The highest BCUT2D eigenvalue weighted by atomic mass is 32.1. The quantitative estimate of drug-likeness (QED) is 0.176. The van der Waals surface area contributed by atoms with Gasteiger partial charge in [-0.15, -0.1) is 11.3 Å². The van der Waals surface area contributed by atoms with Crippen molar-refractivity contribution in [2.24, 2.45) is 0 Å². The molecular weight excluding hydrogens is 834 g/mol. The van der Waals surface area contributed by atoms with E-state index in [0.717, 1.165) is 29.9 Å². The molecule has 63 heavy (non-hydrogen) atoms. The minimum absolute atomic E-state index is 0.110. The van der Waals surface area contributed by atoms with Gasteiger partial charge < -0.3 is 14.4 Å². The lowest BCUT2D eigenvalue weighted by atomic mass is 9.96. The van der Waals surface area contributed by atoms with Gasteiger partial charge in [-0.05, 0) is 66.3 Å². The summed E-state index contributed by atoms with van der Waals surface area (Å²) < 4.78 is 50.0. The first-order valence-corrected chi connectivity index (χ1v) is 22.2. The van der Waals surface area contributed by atoms with Gasteiger partial charge in [0.05, 0.1) is 31.2 Å². The number of fused-ring (bicyclic) bond motifs is 2. The van der Waals surface area contributed by atoms with Crippen LogP contribution < -0.4 is 20.4 Å². The molecule has 2 unspecified atom stereocenters. The molecule has 0 spiro atoms. The third-order valence-corrected chi connectivity index (χ3v) is 13.7. The van der Waals surface area contributed by atoms with Crippen LogP contribution in [0.25, 0.3) is 11.1 Å². The molecule has 0 bridgehead atoms. The number of piperidine rings is 1. The average Bonchev–Trinajstić information content (AvgIpc) is 4.10. The number of benzene rings is 3. The first-order valence-electron chi connectivity index (χ1n) is 21.3. The van der Waals surface area contributed by atoms with Gasteiger partial charge in [0.2, 0.25) is 5.91 Å². The maximum Gasteiger partial charge on any atom is 0.328 e. The molecule has 7 heterocycles. The predicted molar refractivity (Wildman–Crippen MR) is 230 cm³/mol. The zero-order chi connectivity index (χ0) is 43.4. The van der Waals surface area contributed by atoms with Crippen molar-refractivity contribution in [1.29, 1.82) is 0 Å². The number of halogens is 3. The van der Waals surface area contributed by atoms with E-state index in [9.17, 15) is 19.2 Å². The van der Waals surface area contributed by atoms with Crippen molar-refractivity contribution in [2.45, 2.75) is 63.3 Å². The summed E-state index contributed by atoms with van der Waals surface area (Å²) in [6.07, 6.45) is 5.36. The summed E-state index contributed by atoms with van der Waals surface area (Å²) in [5, 5.41) is 7.31. The molecule has 18 heteroatoms. The van der Waals surface area contributed by atoms with Crippen molar-refractivity contribution >= 4 is 51.6 Å². The predicted octanol–water partition coefficient (Wildman–Crippen LogP) is 5.91. The van der Waals surface area contributed by atoms with E-state index < -0.39 is 48.2 Å². The highest BCUT2D eigenvalue weighted by molar-refractivity contribution is 7.13. The Morgan fingerprint density at radius 2 is 1.75 bits per heavy atom. The second-order valence-corrected chi connectivity index (χ2v) is 17.6. The van der Waals surface area contributed by atoms with Crippen LogP contribution >= 0.6 is 11.3 Å². The number of hydrogen-bond donors (Lipinski definition) is 2. The number of piperazine rings is 1. The van der Waals surface area contributed by atoms with Gasteiger partial charge in [-0.25, -0.2) is 27.9 Å². The van der Waals surface area contributed by atoms with Crippen molar-refractivity contribution in [3.8, 4) is 11.1 Å². The molecule has 2 aromatic heterocycles. The number of urea groups is 1. The first-order chi connectivity index (χ1) is 30.5. The van der Waals surface area contributed by atoms with Crippen LogP contribution in [0.15, 0.2) is 78.6 Å². The highest BCUT2D eigenvalue weighted by Crippen LogP contribution is 2.39. The number of rotatable bonds is 10. The molecule has 5 amide bonds. The number of carbonyl (C=O) groups excluding carboxylic acids is 4. The summed E-state index contributed by atoms with van der Waals surface area (Å²) in [5.74, 6) is -4.81. The molecule has 2 N–H and O–H groups in total. The van der Waals surface area contributed by atoms with E-state index in [-0.39, 0.29) is 36.4 Å². The van der Waals surface area contributed by atoms with E-state index in [1.165, 1.54) is 22.3 Å². The highest BCUT2D eigenvalue weighted by Gasteiger charge is 2.48. The molecular formula is C45H45F3N10O4S. The molecule has 10 rings (SSSR count). The number of para-hydroxylation sites is 1. The van der Waals surface area contributed by atoms with E-state index in [4.69, 9.17) is 0 Å². The normalized spacial score (nSPS) is 20.8. The fourth-order valence-electron chi connectivity index (χ4n) is 9.80. The topological polar surface area (TPSA) is 139 Å². The monoisotopic (exact) mass is 878 g/mol. The summed E-state index contributed by atoms with van der Waals surface area (Å²) in [5.41, 5.74) is 5.09. The van der Waals surface area contributed by atoms with Crippen molar-refractivity contribution < 1.29 is 32.3 Å². The lowest BCUT2D eigenvalue weighted by molar-refractivity contribution is -0.121. The molecule has 3 fully saturated rings. The van der Waals surface area contributed by atoms with Crippen LogP contribution in [0, 0.1) is 5.82 Å². The maximum absolute atomic E-state index is 16.0. The third kappa shape index (κ3) is 7.84. The molecule has 5 aromatic rings. The summed E-state index contributed by atoms with van der Waals surface area (Å²) in [6.45, 7) is 3.67. The largest absolute Gasteiger partial charge is 0.365 e. The van der Waals surface area contributed by atoms with E-state index in [0.29, 0.717) is 79.9 Å². The van der Waals surface area contributed by atoms with E-state index in [1.54, 1.807) is 58.0 Å². The second-order valence-electron chi connectivity index (χ2n) is 16.7. The second kappa shape index (κ2) is 16.5. The number of imide groups is 1. The van der Waals surface area contributed by atoms with Gasteiger partial charge in [-0.1, -0.05) is 30.3 Å². The van der Waals surface area contributed by atoms with Crippen LogP contribution in [-0.4, -0.2) is 111 Å². The van der Waals surface area contributed by atoms with Crippen LogP contribution in [0.1, 0.15) is 58.2 Å². The number of carbonyl (C=O) groups is 4. The first kappa shape index (κ1) is 40.9. The number of anilines is 3.